The summed E-state index contributed by atoms with van der Waals surface area (Å²) in [6.07, 6.45) is 0.801. The van der Waals surface area contributed by atoms with Gasteiger partial charge in [-0.25, -0.2) is 0 Å². The van der Waals surface area contributed by atoms with Gasteiger partial charge in [0.25, 0.3) is 5.91 Å². The normalized spacial score (nSPS) is 17.1. The van der Waals surface area contributed by atoms with Crippen LogP contribution in [0.5, 0.6) is 5.75 Å². The van der Waals surface area contributed by atoms with Crippen LogP contribution in [0, 0.1) is 11.3 Å². The number of nitrogens with one attached hydrogen (secondary N) is 1. The second kappa shape index (κ2) is 6.42. The van der Waals surface area contributed by atoms with Crippen LogP contribution >= 0.6 is 11.3 Å². The number of para-hydroxylation sites is 1. The fraction of sp³-hybridized carbons (Fsp3) is 0.400. The van der Waals surface area contributed by atoms with Crippen molar-refractivity contribution in [1.82, 2.24) is 0 Å². The Kier molecular flexibility index (Phi) is 4.55. The minimum Gasteiger partial charge on any atom is -0.496 e. The Morgan fingerprint density at radius 3 is 2.65 bits per heavy atom. The van der Waals surface area contributed by atoms with Crippen LogP contribution in [0.25, 0.3) is 0 Å². The van der Waals surface area contributed by atoms with E-state index in [1.165, 1.54) is 18.4 Å². The molecule has 0 bridgehead atoms. The van der Waals surface area contributed by atoms with Crippen LogP contribution in [0.4, 0.5) is 5.00 Å². The molecule has 3 N–H and O–H groups in total. The Balaban J connectivity index is 2.02. The highest BCUT2D eigenvalue weighted by atomic mass is 32.1. The van der Waals surface area contributed by atoms with Gasteiger partial charge in [0.15, 0.2) is 0 Å². The monoisotopic (exact) mass is 370 g/mol. The highest BCUT2D eigenvalue weighted by Crippen LogP contribution is 2.42. The van der Waals surface area contributed by atoms with Gasteiger partial charge in [0.05, 0.1) is 28.7 Å². The molecule has 0 unspecified atom stereocenters. The Labute approximate surface area is 158 Å². The molecular formula is C20H24N3O2S+. The average Bonchev–Trinajstić information content (AvgIpc) is 2.90. The standard InChI is InChI=1S/C20H23N3O2S/c1-19(2)10-13-14(11-21)18(26-16(13)20(3,4)23-19)22-17(24)12-8-6-7-9-15(12)25-5/h6-9,23H,10H2,1-5H3,(H,22,24)/p+1. The number of amides is 1. The van der Waals surface area contributed by atoms with E-state index in [1.54, 1.807) is 18.2 Å². The van der Waals surface area contributed by atoms with Gasteiger partial charge in [-0.1, -0.05) is 12.1 Å². The molecule has 1 aromatic heterocycles. The SMILES string of the molecule is COc1ccccc1C(=O)Nc1sc2c(c1C#N)CC(C)(C)[NH2+]C2(C)C. The zero-order valence-corrected chi connectivity index (χ0v) is 16.6. The lowest BCUT2D eigenvalue weighted by Crippen LogP contribution is -3.03. The number of rotatable bonds is 3. The number of ether oxygens (including phenoxy) is 1. The first-order valence-corrected chi connectivity index (χ1v) is 9.38. The summed E-state index contributed by atoms with van der Waals surface area (Å²) in [7, 11) is 1.54. The third-order valence-corrected chi connectivity index (χ3v) is 6.15. The number of fused-ring (bicyclic) bond motifs is 1. The summed E-state index contributed by atoms with van der Waals surface area (Å²) < 4.78 is 5.27. The summed E-state index contributed by atoms with van der Waals surface area (Å²) in [5.41, 5.74) is 1.97. The molecule has 0 atom stereocenters. The van der Waals surface area contributed by atoms with Crippen LogP contribution in [-0.4, -0.2) is 18.6 Å². The van der Waals surface area contributed by atoms with Gasteiger partial charge in [-0.15, -0.1) is 11.3 Å². The van der Waals surface area contributed by atoms with E-state index in [0.29, 0.717) is 21.9 Å². The number of nitrogens with two attached hydrogens (primary N) is 1. The lowest BCUT2D eigenvalue weighted by Gasteiger charge is -2.38. The largest absolute Gasteiger partial charge is 0.496 e. The minimum absolute atomic E-state index is 0.00705. The first kappa shape index (κ1) is 18.4. The molecule has 0 aliphatic carbocycles. The fourth-order valence-electron chi connectivity index (χ4n) is 3.91. The molecule has 0 fully saturated rings. The van der Waals surface area contributed by atoms with Gasteiger partial charge in [0.2, 0.25) is 0 Å². The molecule has 0 saturated carbocycles. The molecule has 0 spiro atoms. The number of carbonyl (C=O) groups is 1. The van der Waals surface area contributed by atoms with Crippen LogP contribution in [0.2, 0.25) is 0 Å². The molecule has 6 heteroatoms. The predicted octanol–water partition coefficient (Wildman–Crippen LogP) is 3.01. The number of benzene rings is 1. The maximum Gasteiger partial charge on any atom is 0.260 e. The van der Waals surface area contributed by atoms with Crippen molar-refractivity contribution >= 4 is 22.2 Å². The van der Waals surface area contributed by atoms with Gasteiger partial charge in [-0.3, -0.25) is 4.79 Å². The molecule has 1 amide bonds. The summed E-state index contributed by atoms with van der Waals surface area (Å²) in [4.78, 5) is 13.9. The quantitative estimate of drug-likeness (QED) is 0.872. The van der Waals surface area contributed by atoms with E-state index in [4.69, 9.17) is 4.74 Å². The van der Waals surface area contributed by atoms with Gasteiger partial charge < -0.3 is 15.4 Å². The summed E-state index contributed by atoms with van der Waals surface area (Å²) in [5.74, 6) is 0.248. The van der Waals surface area contributed by atoms with Crippen LogP contribution < -0.4 is 15.4 Å². The zero-order chi connectivity index (χ0) is 19.1. The number of nitrogens with zero attached hydrogens (tertiary/aromatic N) is 1. The first-order chi connectivity index (χ1) is 12.2. The van der Waals surface area contributed by atoms with E-state index in [0.717, 1.165) is 16.9 Å². The molecule has 3 rings (SSSR count). The lowest BCUT2D eigenvalue weighted by atomic mass is 9.81. The highest BCUT2D eigenvalue weighted by Gasteiger charge is 2.44. The Bertz CT molecular complexity index is 906. The van der Waals surface area contributed by atoms with Gasteiger partial charge in [0.1, 0.15) is 22.4 Å². The smallest absolute Gasteiger partial charge is 0.260 e. The van der Waals surface area contributed by atoms with Crippen LogP contribution in [-0.2, 0) is 12.0 Å². The summed E-state index contributed by atoms with van der Waals surface area (Å²) >= 11 is 1.50. The third kappa shape index (κ3) is 3.20. The molecule has 2 aromatic rings. The highest BCUT2D eigenvalue weighted by molar-refractivity contribution is 7.16. The van der Waals surface area contributed by atoms with E-state index < -0.39 is 0 Å². The van der Waals surface area contributed by atoms with Crippen molar-refractivity contribution in [3.63, 3.8) is 0 Å². The first-order valence-electron chi connectivity index (χ1n) is 8.56. The zero-order valence-electron chi connectivity index (χ0n) is 15.8. The second-order valence-corrected chi connectivity index (χ2v) is 8.93. The van der Waals surface area contributed by atoms with Crippen LogP contribution in [0.1, 0.15) is 54.1 Å². The van der Waals surface area contributed by atoms with Crippen molar-refractivity contribution < 1.29 is 14.8 Å². The van der Waals surface area contributed by atoms with Crippen molar-refractivity contribution in [2.45, 2.75) is 45.2 Å². The molecule has 2 heterocycles. The number of thiophene rings is 1. The lowest BCUT2D eigenvalue weighted by molar-refractivity contribution is -0.789. The van der Waals surface area contributed by atoms with Crippen LogP contribution in [0.15, 0.2) is 24.3 Å². The number of anilines is 1. The van der Waals surface area contributed by atoms with E-state index in [2.05, 4.69) is 44.4 Å². The van der Waals surface area contributed by atoms with Gasteiger partial charge in [0, 0.05) is 6.42 Å². The van der Waals surface area contributed by atoms with Gasteiger partial charge >= 0.3 is 0 Å². The number of hydrogen-bond donors (Lipinski definition) is 2. The van der Waals surface area contributed by atoms with Crippen molar-refractivity contribution in [1.29, 1.82) is 5.26 Å². The molecule has 0 radical (unpaired) electrons. The van der Waals surface area contributed by atoms with Crippen molar-refractivity contribution in [3.05, 3.63) is 45.8 Å². The predicted molar refractivity (Wildman–Crippen MR) is 103 cm³/mol. The third-order valence-electron chi connectivity index (χ3n) is 4.67. The van der Waals surface area contributed by atoms with E-state index in [1.807, 2.05) is 6.07 Å². The van der Waals surface area contributed by atoms with Crippen LogP contribution in [0.3, 0.4) is 0 Å². The van der Waals surface area contributed by atoms with E-state index >= 15 is 0 Å². The molecule has 26 heavy (non-hydrogen) atoms. The second-order valence-electron chi connectivity index (χ2n) is 7.91. The van der Waals surface area contributed by atoms with E-state index in [9.17, 15) is 10.1 Å². The molecule has 5 nitrogen and oxygen atoms in total. The van der Waals surface area contributed by atoms with Gasteiger partial charge in [-0.05, 0) is 45.4 Å². The summed E-state index contributed by atoms with van der Waals surface area (Å²) in [6.45, 7) is 8.69. The van der Waals surface area contributed by atoms with Crippen molar-refractivity contribution in [2.24, 2.45) is 0 Å². The minimum atomic E-state index is -0.265. The summed E-state index contributed by atoms with van der Waals surface area (Å²) in [6, 6.07) is 9.40. The molecule has 1 aliphatic rings. The Morgan fingerprint density at radius 1 is 1.31 bits per heavy atom. The fourth-order valence-corrected chi connectivity index (χ4v) is 5.15. The number of quaternary nitrogens is 1. The average molecular weight is 370 g/mol. The summed E-state index contributed by atoms with van der Waals surface area (Å²) in [5, 5.41) is 15.7. The molecule has 1 aliphatic heterocycles. The van der Waals surface area contributed by atoms with E-state index in [-0.39, 0.29) is 17.0 Å². The number of hydrogen-bond acceptors (Lipinski definition) is 4. The maximum atomic E-state index is 12.8. The molecule has 136 valence electrons. The van der Waals surface area contributed by atoms with Crippen molar-refractivity contribution in [2.75, 3.05) is 12.4 Å². The number of carbonyl (C=O) groups excluding carboxylic acids is 1. The Morgan fingerprint density at radius 2 is 2.00 bits per heavy atom. The molecular weight excluding hydrogens is 346 g/mol. The number of methoxy groups -OCH3 is 1. The number of nitriles is 1. The molecule has 1 aromatic carbocycles. The maximum absolute atomic E-state index is 12.8. The molecule has 0 saturated heterocycles. The van der Waals surface area contributed by atoms with Crippen molar-refractivity contribution in [3.8, 4) is 11.8 Å². The topological polar surface area (TPSA) is 78.7 Å². The van der Waals surface area contributed by atoms with Gasteiger partial charge in [-0.2, -0.15) is 5.26 Å². The Hall–Kier alpha value is -2.36.